The number of nitrogens with zero attached hydrogens (tertiary/aromatic N) is 4. The molecule has 0 amide bonds. The molecule has 152 valence electrons. The fourth-order valence-corrected chi connectivity index (χ4v) is 4.07. The lowest BCUT2D eigenvalue weighted by Crippen LogP contribution is -2.22. The largest absolute Gasteiger partial charge is 0.497 e. The molecule has 4 N–H and O–H groups in total. The Balaban J connectivity index is 1.79. The van der Waals surface area contributed by atoms with E-state index in [4.69, 9.17) is 25.9 Å². The van der Waals surface area contributed by atoms with Crippen LogP contribution in [-0.4, -0.2) is 36.2 Å². The van der Waals surface area contributed by atoms with Crippen LogP contribution in [0.2, 0.25) is 0 Å². The number of benzene rings is 1. The van der Waals surface area contributed by atoms with E-state index < -0.39 is 0 Å². The van der Waals surface area contributed by atoms with Crippen LogP contribution in [0.4, 0.5) is 17.6 Å². The average Bonchev–Trinajstić information content (AvgIpc) is 2.72. The summed E-state index contributed by atoms with van der Waals surface area (Å²) in [6, 6.07) is 5.87. The number of rotatable bonds is 5. The molecule has 0 bridgehead atoms. The number of ether oxygens (including phenoxy) is 2. The molecule has 8 nitrogen and oxygen atoms in total. The van der Waals surface area contributed by atoms with Gasteiger partial charge in [-0.05, 0) is 54.5 Å². The lowest BCUT2D eigenvalue weighted by atomic mass is 9.89. The van der Waals surface area contributed by atoms with E-state index in [2.05, 4.69) is 14.9 Å². The van der Waals surface area contributed by atoms with Crippen molar-refractivity contribution in [3.63, 3.8) is 0 Å². The maximum atomic E-state index is 6.18. The molecule has 0 radical (unpaired) electrons. The van der Waals surface area contributed by atoms with Gasteiger partial charge in [0.15, 0.2) is 5.65 Å². The number of fused-ring (bicyclic) bond motifs is 3. The summed E-state index contributed by atoms with van der Waals surface area (Å²) in [6.45, 7) is 0.647. The fraction of sp³-hybridized carbons (Fsp3) is 0.381. The molecule has 0 aliphatic heterocycles. The van der Waals surface area contributed by atoms with Crippen molar-refractivity contribution in [2.24, 2.45) is 0 Å². The molecule has 0 saturated carbocycles. The Bertz CT molecular complexity index is 1050. The molecule has 3 aromatic rings. The molecule has 0 atom stereocenters. The van der Waals surface area contributed by atoms with Gasteiger partial charge in [0.1, 0.15) is 23.1 Å². The molecule has 1 aromatic carbocycles. The van der Waals surface area contributed by atoms with Crippen LogP contribution in [0, 0.1) is 0 Å². The summed E-state index contributed by atoms with van der Waals surface area (Å²) in [5.74, 6) is 2.98. The van der Waals surface area contributed by atoms with Gasteiger partial charge in [0.25, 0.3) is 0 Å². The van der Waals surface area contributed by atoms with Crippen molar-refractivity contribution in [2.75, 3.05) is 37.6 Å². The Hall–Kier alpha value is -3.29. The van der Waals surface area contributed by atoms with Gasteiger partial charge in [-0.15, -0.1) is 0 Å². The topological polar surface area (TPSA) is 112 Å². The molecule has 8 heteroatoms. The molecule has 0 spiro atoms. The molecule has 1 aliphatic carbocycles. The highest BCUT2D eigenvalue weighted by molar-refractivity contribution is 5.92. The van der Waals surface area contributed by atoms with E-state index in [9.17, 15) is 0 Å². The first-order valence-electron chi connectivity index (χ1n) is 9.67. The lowest BCUT2D eigenvalue weighted by molar-refractivity contribution is 0.393. The predicted octanol–water partition coefficient (Wildman–Crippen LogP) is 2.72. The minimum atomic E-state index is 0.143. The van der Waals surface area contributed by atoms with Crippen LogP contribution in [0.5, 0.6) is 11.5 Å². The highest BCUT2D eigenvalue weighted by Crippen LogP contribution is 2.36. The Morgan fingerprint density at radius 1 is 0.931 bits per heavy atom. The minimum absolute atomic E-state index is 0.143. The number of nitrogens with two attached hydrogens (primary N) is 2. The summed E-state index contributed by atoms with van der Waals surface area (Å²) < 4.78 is 10.8. The second-order valence-corrected chi connectivity index (χ2v) is 7.34. The molecule has 0 saturated heterocycles. The summed E-state index contributed by atoms with van der Waals surface area (Å²) in [7, 11) is 5.33. The number of pyridine rings is 1. The molecule has 2 aromatic heterocycles. The molecule has 0 unspecified atom stereocenters. The number of nitrogen functional groups attached to an aromatic ring is 2. The predicted molar refractivity (Wildman–Crippen MR) is 114 cm³/mol. The summed E-state index contributed by atoms with van der Waals surface area (Å²) in [5, 5.41) is 0.842. The summed E-state index contributed by atoms with van der Waals surface area (Å²) >= 11 is 0. The number of aromatic nitrogens is 3. The van der Waals surface area contributed by atoms with E-state index in [-0.39, 0.29) is 5.95 Å². The average molecular weight is 394 g/mol. The van der Waals surface area contributed by atoms with Gasteiger partial charge in [-0.3, -0.25) is 0 Å². The minimum Gasteiger partial charge on any atom is -0.497 e. The van der Waals surface area contributed by atoms with Gasteiger partial charge in [-0.1, -0.05) is 0 Å². The van der Waals surface area contributed by atoms with Crippen molar-refractivity contribution in [2.45, 2.75) is 32.2 Å². The first-order chi connectivity index (χ1) is 14.0. The first-order valence-corrected chi connectivity index (χ1v) is 9.67. The highest BCUT2D eigenvalue weighted by atomic mass is 16.5. The van der Waals surface area contributed by atoms with Gasteiger partial charge in [-0.2, -0.15) is 9.97 Å². The van der Waals surface area contributed by atoms with Crippen LogP contribution in [0.3, 0.4) is 0 Å². The second kappa shape index (κ2) is 7.62. The van der Waals surface area contributed by atoms with Crippen LogP contribution < -0.4 is 25.8 Å². The third kappa shape index (κ3) is 3.57. The first kappa shape index (κ1) is 19.0. The molecule has 2 heterocycles. The van der Waals surface area contributed by atoms with Crippen molar-refractivity contribution in [3.05, 3.63) is 34.9 Å². The van der Waals surface area contributed by atoms with Crippen molar-refractivity contribution in [1.82, 2.24) is 15.0 Å². The molecule has 0 fully saturated rings. The van der Waals surface area contributed by atoms with E-state index in [1.54, 1.807) is 14.2 Å². The third-order valence-corrected chi connectivity index (χ3v) is 5.38. The van der Waals surface area contributed by atoms with Crippen LogP contribution in [-0.2, 0) is 19.4 Å². The Kier molecular flexibility index (Phi) is 5.00. The zero-order valence-corrected chi connectivity index (χ0v) is 17.0. The van der Waals surface area contributed by atoms with Gasteiger partial charge in [-0.25, -0.2) is 4.98 Å². The van der Waals surface area contributed by atoms with Crippen LogP contribution in [0.15, 0.2) is 18.2 Å². The molecular weight excluding hydrogens is 368 g/mol. The zero-order chi connectivity index (χ0) is 20.5. The zero-order valence-electron chi connectivity index (χ0n) is 17.0. The van der Waals surface area contributed by atoms with Gasteiger partial charge < -0.3 is 25.8 Å². The fourth-order valence-electron chi connectivity index (χ4n) is 4.07. The number of aryl methyl sites for hydroxylation is 1. The van der Waals surface area contributed by atoms with Gasteiger partial charge in [0, 0.05) is 19.7 Å². The van der Waals surface area contributed by atoms with Crippen LogP contribution in [0.25, 0.3) is 11.0 Å². The Morgan fingerprint density at radius 3 is 2.24 bits per heavy atom. The molecular formula is C21H26N6O2. The molecule has 1 aliphatic rings. The standard InChI is InChI=1S/C21H26N6O2/c1-27(11-12-8-13(28-2)10-14(9-12)29-3)20-16-7-5-4-6-15(16)17-18(22)24-21(23)26-19(17)25-20/h8-10H,4-7,11H2,1-3H3,(H4,22,23,24,25,26). The van der Waals surface area contributed by atoms with E-state index in [1.165, 1.54) is 11.1 Å². The quantitative estimate of drug-likeness (QED) is 0.679. The number of methoxy groups -OCH3 is 2. The van der Waals surface area contributed by atoms with Gasteiger partial charge >= 0.3 is 0 Å². The van der Waals surface area contributed by atoms with E-state index >= 15 is 0 Å². The maximum Gasteiger partial charge on any atom is 0.224 e. The molecule has 4 rings (SSSR count). The SMILES string of the molecule is COc1cc(CN(C)c2nc3nc(N)nc(N)c3c3c2CCCC3)cc(OC)c1. The van der Waals surface area contributed by atoms with Crippen molar-refractivity contribution in [3.8, 4) is 11.5 Å². The normalized spacial score (nSPS) is 13.2. The second-order valence-electron chi connectivity index (χ2n) is 7.34. The Labute approximate surface area is 169 Å². The van der Waals surface area contributed by atoms with E-state index in [0.717, 1.165) is 53.9 Å². The Morgan fingerprint density at radius 2 is 1.59 bits per heavy atom. The van der Waals surface area contributed by atoms with Crippen molar-refractivity contribution in [1.29, 1.82) is 0 Å². The monoisotopic (exact) mass is 394 g/mol. The van der Waals surface area contributed by atoms with E-state index in [1.807, 2.05) is 25.2 Å². The van der Waals surface area contributed by atoms with Crippen molar-refractivity contribution < 1.29 is 9.47 Å². The smallest absolute Gasteiger partial charge is 0.224 e. The highest BCUT2D eigenvalue weighted by Gasteiger charge is 2.23. The van der Waals surface area contributed by atoms with Gasteiger partial charge in [0.05, 0.1) is 19.6 Å². The van der Waals surface area contributed by atoms with Crippen LogP contribution in [0.1, 0.15) is 29.5 Å². The van der Waals surface area contributed by atoms with E-state index in [0.29, 0.717) is 18.0 Å². The summed E-state index contributed by atoms with van der Waals surface area (Å²) in [4.78, 5) is 15.5. The number of hydrogen-bond donors (Lipinski definition) is 2. The van der Waals surface area contributed by atoms with Crippen molar-refractivity contribution >= 4 is 28.6 Å². The van der Waals surface area contributed by atoms with Gasteiger partial charge in [0.2, 0.25) is 5.95 Å². The number of hydrogen-bond acceptors (Lipinski definition) is 8. The summed E-state index contributed by atoms with van der Waals surface area (Å²) in [6.07, 6.45) is 4.15. The van der Waals surface area contributed by atoms with Crippen LogP contribution >= 0.6 is 0 Å². The summed E-state index contributed by atoms with van der Waals surface area (Å²) in [5.41, 5.74) is 16.1. The molecule has 29 heavy (non-hydrogen) atoms. The third-order valence-electron chi connectivity index (χ3n) is 5.38. The number of anilines is 3. The lowest BCUT2D eigenvalue weighted by Gasteiger charge is -2.27. The maximum absolute atomic E-state index is 6.18.